The average Bonchev–Trinajstić information content (AvgIpc) is 2.99. The third-order valence-electron chi connectivity index (χ3n) is 5.22. The Hall–Kier alpha value is -1.70. The van der Waals surface area contributed by atoms with Gasteiger partial charge in [-0.05, 0) is 38.2 Å². The van der Waals surface area contributed by atoms with Crippen molar-refractivity contribution in [2.45, 2.75) is 56.1 Å². The Kier molecular flexibility index (Phi) is 4.62. The highest BCUT2D eigenvalue weighted by Gasteiger charge is 2.40. The SMILES string of the molecule is Cn1cc(NC(=O)c2csc(C3CC3NC3CCC(N)CC3)c2)cn1. The molecule has 2 aliphatic carbocycles. The Morgan fingerprint density at radius 3 is 2.88 bits per heavy atom. The number of carbonyl (C=O) groups is 1. The van der Waals surface area contributed by atoms with Crippen LogP contribution in [-0.4, -0.2) is 33.8 Å². The van der Waals surface area contributed by atoms with Crippen LogP contribution in [0.25, 0.3) is 0 Å². The molecule has 0 aliphatic heterocycles. The van der Waals surface area contributed by atoms with Gasteiger partial charge in [0.25, 0.3) is 5.91 Å². The van der Waals surface area contributed by atoms with E-state index in [0.717, 1.165) is 24.1 Å². The Bertz CT molecular complexity index is 746. The Labute approximate surface area is 151 Å². The lowest BCUT2D eigenvalue weighted by Gasteiger charge is -2.27. The molecule has 2 atom stereocenters. The number of carbonyl (C=O) groups excluding carboxylic acids is 1. The minimum Gasteiger partial charge on any atom is -0.328 e. The fourth-order valence-electron chi connectivity index (χ4n) is 3.64. The van der Waals surface area contributed by atoms with Gasteiger partial charge in [0.2, 0.25) is 0 Å². The molecule has 0 aromatic carbocycles. The maximum atomic E-state index is 12.3. The summed E-state index contributed by atoms with van der Waals surface area (Å²) in [4.78, 5) is 13.6. The smallest absolute Gasteiger partial charge is 0.256 e. The van der Waals surface area contributed by atoms with Gasteiger partial charge in [0.15, 0.2) is 0 Å². The Morgan fingerprint density at radius 1 is 1.36 bits per heavy atom. The zero-order valence-corrected chi connectivity index (χ0v) is 15.3. The molecule has 0 radical (unpaired) electrons. The quantitative estimate of drug-likeness (QED) is 0.765. The topological polar surface area (TPSA) is 85.0 Å². The number of rotatable bonds is 5. The zero-order chi connectivity index (χ0) is 17.4. The van der Waals surface area contributed by atoms with Crippen LogP contribution in [0.4, 0.5) is 5.69 Å². The van der Waals surface area contributed by atoms with E-state index in [-0.39, 0.29) is 5.91 Å². The first-order chi connectivity index (χ1) is 12.1. The van der Waals surface area contributed by atoms with Crippen LogP contribution < -0.4 is 16.4 Å². The van der Waals surface area contributed by atoms with Gasteiger partial charge >= 0.3 is 0 Å². The highest BCUT2D eigenvalue weighted by molar-refractivity contribution is 7.10. The van der Waals surface area contributed by atoms with E-state index in [9.17, 15) is 4.79 Å². The molecular formula is C18H25N5OS. The first kappa shape index (κ1) is 16.8. The van der Waals surface area contributed by atoms with Crippen LogP contribution in [0, 0.1) is 0 Å². The lowest BCUT2D eigenvalue weighted by molar-refractivity contribution is 0.102. The zero-order valence-electron chi connectivity index (χ0n) is 14.4. The molecule has 1 amide bonds. The fraction of sp³-hybridized carbons (Fsp3) is 0.556. The van der Waals surface area contributed by atoms with Crippen LogP contribution in [0.15, 0.2) is 23.8 Å². The summed E-state index contributed by atoms with van der Waals surface area (Å²) in [5.41, 5.74) is 7.44. The van der Waals surface area contributed by atoms with Crippen LogP contribution in [0.5, 0.6) is 0 Å². The summed E-state index contributed by atoms with van der Waals surface area (Å²) in [5.74, 6) is 0.488. The summed E-state index contributed by atoms with van der Waals surface area (Å²) in [7, 11) is 1.83. The van der Waals surface area contributed by atoms with E-state index in [1.165, 1.54) is 24.1 Å². The molecule has 25 heavy (non-hydrogen) atoms. The summed E-state index contributed by atoms with van der Waals surface area (Å²) in [6, 6.07) is 3.61. The molecule has 0 saturated heterocycles. The maximum Gasteiger partial charge on any atom is 0.256 e. The van der Waals surface area contributed by atoms with E-state index >= 15 is 0 Å². The Balaban J connectivity index is 1.30. The van der Waals surface area contributed by atoms with Crippen LogP contribution >= 0.6 is 11.3 Å². The van der Waals surface area contributed by atoms with E-state index in [0.29, 0.717) is 24.0 Å². The highest BCUT2D eigenvalue weighted by Crippen LogP contribution is 2.44. The van der Waals surface area contributed by atoms with Crippen molar-refractivity contribution in [3.63, 3.8) is 0 Å². The number of aromatic nitrogens is 2. The number of aryl methyl sites for hydroxylation is 1. The number of nitrogens with one attached hydrogen (secondary N) is 2. The minimum atomic E-state index is -0.0677. The Morgan fingerprint density at radius 2 is 2.16 bits per heavy atom. The average molecular weight is 359 g/mol. The molecule has 0 bridgehead atoms. The molecule has 6 nitrogen and oxygen atoms in total. The van der Waals surface area contributed by atoms with E-state index in [1.807, 2.05) is 18.5 Å². The molecule has 2 heterocycles. The van der Waals surface area contributed by atoms with Crippen molar-refractivity contribution >= 4 is 22.9 Å². The molecule has 2 saturated carbocycles. The molecule has 2 fully saturated rings. The third-order valence-corrected chi connectivity index (χ3v) is 6.29. The molecule has 2 aromatic heterocycles. The van der Waals surface area contributed by atoms with Gasteiger partial charge in [0.05, 0.1) is 17.4 Å². The second-order valence-electron chi connectivity index (χ2n) is 7.32. The van der Waals surface area contributed by atoms with Gasteiger partial charge in [-0.2, -0.15) is 5.10 Å². The van der Waals surface area contributed by atoms with Crippen molar-refractivity contribution in [1.29, 1.82) is 0 Å². The number of anilines is 1. The van der Waals surface area contributed by atoms with E-state index in [1.54, 1.807) is 28.4 Å². The summed E-state index contributed by atoms with van der Waals surface area (Å²) < 4.78 is 1.67. The summed E-state index contributed by atoms with van der Waals surface area (Å²) in [5, 5.41) is 12.7. The van der Waals surface area contributed by atoms with Crippen molar-refractivity contribution < 1.29 is 4.79 Å². The monoisotopic (exact) mass is 359 g/mol. The first-order valence-electron chi connectivity index (χ1n) is 8.98. The maximum absolute atomic E-state index is 12.3. The lowest BCUT2D eigenvalue weighted by atomic mass is 9.92. The van der Waals surface area contributed by atoms with Gasteiger partial charge in [0, 0.05) is 47.5 Å². The predicted octanol–water partition coefficient (Wildman–Crippen LogP) is 2.45. The fourth-order valence-corrected chi connectivity index (χ4v) is 4.71. The molecule has 2 aliphatic rings. The molecule has 4 N–H and O–H groups in total. The largest absolute Gasteiger partial charge is 0.328 e. The second-order valence-corrected chi connectivity index (χ2v) is 8.26. The van der Waals surface area contributed by atoms with Gasteiger partial charge < -0.3 is 16.4 Å². The molecule has 134 valence electrons. The van der Waals surface area contributed by atoms with Crippen LogP contribution in [0.2, 0.25) is 0 Å². The molecule has 7 heteroatoms. The third kappa shape index (κ3) is 3.94. The van der Waals surface area contributed by atoms with Crippen molar-refractivity contribution in [2.24, 2.45) is 12.8 Å². The van der Waals surface area contributed by atoms with E-state index in [2.05, 4.69) is 15.7 Å². The number of nitrogens with zero attached hydrogens (tertiary/aromatic N) is 2. The van der Waals surface area contributed by atoms with Crippen molar-refractivity contribution in [1.82, 2.24) is 15.1 Å². The lowest BCUT2D eigenvalue weighted by Crippen LogP contribution is -2.38. The number of hydrogen-bond donors (Lipinski definition) is 3. The number of amides is 1. The van der Waals surface area contributed by atoms with Crippen LogP contribution in [-0.2, 0) is 7.05 Å². The van der Waals surface area contributed by atoms with Crippen LogP contribution in [0.3, 0.4) is 0 Å². The highest BCUT2D eigenvalue weighted by atomic mass is 32.1. The number of nitrogens with two attached hydrogens (primary N) is 1. The van der Waals surface area contributed by atoms with Crippen molar-refractivity contribution in [3.05, 3.63) is 34.3 Å². The summed E-state index contributed by atoms with van der Waals surface area (Å²) >= 11 is 1.69. The van der Waals surface area contributed by atoms with Gasteiger partial charge in [0.1, 0.15) is 0 Å². The molecule has 4 rings (SSSR count). The summed E-state index contributed by atoms with van der Waals surface area (Å²) in [6.07, 6.45) is 9.26. The molecule has 0 spiro atoms. The van der Waals surface area contributed by atoms with E-state index in [4.69, 9.17) is 5.73 Å². The first-order valence-corrected chi connectivity index (χ1v) is 9.86. The van der Waals surface area contributed by atoms with Crippen molar-refractivity contribution in [2.75, 3.05) is 5.32 Å². The standard InChI is InChI=1S/C18H25N5OS/c1-23-9-14(8-20-23)22-18(24)11-6-17(25-10-11)15-7-16(15)21-13-4-2-12(19)3-5-13/h6,8-10,12-13,15-16,21H,2-5,7,19H2,1H3,(H,22,24). The van der Waals surface area contributed by atoms with E-state index < -0.39 is 0 Å². The number of thiophene rings is 1. The normalized spacial score (nSPS) is 28.7. The summed E-state index contributed by atoms with van der Waals surface area (Å²) in [6.45, 7) is 0. The second kappa shape index (κ2) is 6.90. The minimum absolute atomic E-state index is 0.0677. The molecule has 2 unspecified atom stereocenters. The van der Waals surface area contributed by atoms with Gasteiger partial charge in [-0.15, -0.1) is 11.3 Å². The van der Waals surface area contributed by atoms with Crippen molar-refractivity contribution in [3.8, 4) is 0 Å². The number of hydrogen-bond acceptors (Lipinski definition) is 5. The molecule has 2 aromatic rings. The van der Waals surface area contributed by atoms with Gasteiger partial charge in [-0.25, -0.2) is 0 Å². The predicted molar refractivity (Wildman–Crippen MR) is 100.0 cm³/mol. The van der Waals surface area contributed by atoms with Gasteiger partial charge in [-0.1, -0.05) is 0 Å². The van der Waals surface area contributed by atoms with Crippen LogP contribution in [0.1, 0.15) is 53.3 Å². The molecular weight excluding hydrogens is 334 g/mol. The van der Waals surface area contributed by atoms with Gasteiger partial charge in [-0.3, -0.25) is 9.48 Å².